The number of aryl methyl sites for hydroxylation is 1. The number of aromatic nitrogens is 4. The molecular weight excluding hydrogens is 524 g/mol. The molecule has 192 valence electrons. The number of hydrogen-bond acceptors (Lipinski definition) is 8. The first-order chi connectivity index (χ1) is 18.3. The lowest BCUT2D eigenvalue weighted by Gasteiger charge is -2.22. The number of anilines is 2. The van der Waals surface area contributed by atoms with Crippen LogP contribution in [0.4, 0.5) is 11.8 Å². The summed E-state index contributed by atoms with van der Waals surface area (Å²) < 4.78 is 18.3. The van der Waals surface area contributed by atoms with Crippen LogP contribution in [0.25, 0.3) is 27.6 Å². The Balaban J connectivity index is 0.00000107. The van der Waals surface area contributed by atoms with Crippen molar-refractivity contribution in [3.05, 3.63) is 106 Å². The van der Waals surface area contributed by atoms with Crippen LogP contribution >= 0.6 is 11.6 Å². The number of halogens is 1. The molecular formula is C27H23ClN6O3S. The Morgan fingerprint density at radius 3 is 2.47 bits per heavy atom. The Morgan fingerprint density at radius 1 is 1.03 bits per heavy atom. The molecule has 5 aromatic rings. The van der Waals surface area contributed by atoms with Gasteiger partial charge in [-0.25, -0.2) is 4.98 Å². The SMILES string of the molecule is Cc1cncc(-c2cnc(N)nc2N[C@@H](C)c2cc3cccc(Cl)c3c(=O)n2-c2ccccc2)c1.O=S=O. The Labute approximate surface area is 227 Å². The summed E-state index contributed by atoms with van der Waals surface area (Å²) in [6.45, 7) is 3.95. The van der Waals surface area contributed by atoms with E-state index in [0.717, 1.165) is 33.5 Å². The first kappa shape index (κ1) is 26.6. The lowest BCUT2D eigenvalue weighted by Crippen LogP contribution is -2.26. The van der Waals surface area contributed by atoms with Crippen LogP contribution < -0.4 is 16.6 Å². The van der Waals surface area contributed by atoms with Crippen LogP contribution in [0.3, 0.4) is 0 Å². The fourth-order valence-electron chi connectivity index (χ4n) is 4.20. The first-order valence-electron chi connectivity index (χ1n) is 11.5. The lowest BCUT2D eigenvalue weighted by atomic mass is 10.1. The molecule has 3 heterocycles. The lowest BCUT2D eigenvalue weighted by molar-refractivity contribution is 0.630. The van der Waals surface area contributed by atoms with Crippen molar-refractivity contribution in [2.75, 3.05) is 11.1 Å². The summed E-state index contributed by atoms with van der Waals surface area (Å²) in [6, 6.07) is 18.6. The van der Waals surface area contributed by atoms with Gasteiger partial charge in [-0.15, -0.1) is 0 Å². The Morgan fingerprint density at radius 2 is 1.76 bits per heavy atom. The van der Waals surface area contributed by atoms with E-state index in [9.17, 15) is 4.79 Å². The molecule has 3 N–H and O–H groups in total. The van der Waals surface area contributed by atoms with E-state index in [1.807, 2.05) is 68.4 Å². The minimum Gasteiger partial charge on any atom is -0.368 e. The van der Waals surface area contributed by atoms with E-state index in [0.29, 0.717) is 16.2 Å². The molecule has 2 aromatic carbocycles. The molecule has 0 radical (unpaired) electrons. The predicted molar refractivity (Wildman–Crippen MR) is 150 cm³/mol. The summed E-state index contributed by atoms with van der Waals surface area (Å²) in [5.74, 6) is 0.699. The van der Waals surface area contributed by atoms with E-state index >= 15 is 0 Å². The smallest absolute Gasteiger partial charge is 0.335 e. The standard InChI is InChI=1S/C27H23ClN6O.O2S/c1-16-11-19(14-30-13-16)21-15-31-27(29)33-25(21)32-17(2)23-12-18-7-6-10-22(28)24(18)26(35)34(23)20-8-4-3-5-9-20;1-3-2/h3-15,17H,1-2H3,(H3,29,31,32,33);/t17-;/m0./s1. The van der Waals surface area contributed by atoms with E-state index in [2.05, 4.69) is 20.3 Å². The third-order valence-electron chi connectivity index (χ3n) is 5.83. The minimum absolute atomic E-state index is 0.148. The minimum atomic E-state index is -0.750. The van der Waals surface area contributed by atoms with Gasteiger partial charge in [0.15, 0.2) is 0 Å². The molecule has 0 unspecified atom stereocenters. The molecule has 0 saturated heterocycles. The van der Waals surface area contributed by atoms with Gasteiger partial charge < -0.3 is 11.1 Å². The third kappa shape index (κ3) is 5.61. The number of rotatable bonds is 5. The fraction of sp³-hybridized carbons (Fsp3) is 0.111. The average Bonchev–Trinajstić information content (AvgIpc) is 2.89. The highest BCUT2D eigenvalue weighted by atomic mass is 35.5. The van der Waals surface area contributed by atoms with Crippen molar-refractivity contribution in [2.24, 2.45) is 0 Å². The van der Waals surface area contributed by atoms with Crippen molar-refractivity contribution >= 4 is 45.7 Å². The van der Waals surface area contributed by atoms with Crippen LogP contribution in [0.2, 0.25) is 5.02 Å². The molecule has 0 fully saturated rings. The number of nitrogen functional groups attached to an aromatic ring is 1. The molecule has 5 rings (SSSR count). The molecule has 38 heavy (non-hydrogen) atoms. The molecule has 0 aliphatic rings. The molecule has 9 nitrogen and oxygen atoms in total. The zero-order chi connectivity index (χ0) is 27.2. The quantitative estimate of drug-likeness (QED) is 0.318. The van der Waals surface area contributed by atoms with Gasteiger partial charge in [0.05, 0.1) is 16.5 Å². The van der Waals surface area contributed by atoms with Crippen LogP contribution in [0.5, 0.6) is 0 Å². The zero-order valence-corrected chi connectivity index (χ0v) is 22.0. The number of nitrogens with one attached hydrogen (secondary N) is 1. The van der Waals surface area contributed by atoms with E-state index in [4.69, 9.17) is 25.8 Å². The van der Waals surface area contributed by atoms with Gasteiger partial charge in [-0.3, -0.25) is 14.3 Å². The average molecular weight is 547 g/mol. The summed E-state index contributed by atoms with van der Waals surface area (Å²) in [6.07, 6.45) is 5.23. The summed E-state index contributed by atoms with van der Waals surface area (Å²) in [5, 5.41) is 5.12. The highest BCUT2D eigenvalue weighted by Gasteiger charge is 2.20. The third-order valence-corrected chi connectivity index (χ3v) is 6.14. The van der Waals surface area contributed by atoms with Crippen LogP contribution in [0.1, 0.15) is 24.2 Å². The summed E-state index contributed by atoms with van der Waals surface area (Å²) in [5.41, 5.74) is 9.89. The van der Waals surface area contributed by atoms with Crippen molar-refractivity contribution in [3.8, 4) is 16.8 Å². The van der Waals surface area contributed by atoms with Gasteiger partial charge in [-0.05, 0) is 55.1 Å². The van der Waals surface area contributed by atoms with Gasteiger partial charge in [0, 0.05) is 41.1 Å². The van der Waals surface area contributed by atoms with E-state index in [1.165, 1.54) is 0 Å². The molecule has 0 spiro atoms. The fourth-order valence-corrected chi connectivity index (χ4v) is 4.46. The second-order valence-corrected chi connectivity index (χ2v) is 8.97. The number of hydrogen-bond donors (Lipinski definition) is 2. The predicted octanol–water partition coefficient (Wildman–Crippen LogP) is 4.89. The summed E-state index contributed by atoms with van der Waals surface area (Å²) >= 11 is 5.69. The van der Waals surface area contributed by atoms with Crippen molar-refractivity contribution in [1.82, 2.24) is 19.5 Å². The molecule has 0 saturated carbocycles. The first-order valence-corrected chi connectivity index (χ1v) is 12.5. The Hall–Kier alpha value is -4.41. The maximum absolute atomic E-state index is 13.7. The van der Waals surface area contributed by atoms with Gasteiger partial charge in [0.1, 0.15) is 5.82 Å². The normalized spacial score (nSPS) is 11.3. The molecule has 0 amide bonds. The van der Waals surface area contributed by atoms with Crippen molar-refractivity contribution in [3.63, 3.8) is 0 Å². The molecule has 11 heteroatoms. The summed E-state index contributed by atoms with van der Waals surface area (Å²) in [7, 11) is 0. The number of nitrogens with two attached hydrogens (primary N) is 1. The van der Waals surface area contributed by atoms with Gasteiger partial charge in [0.2, 0.25) is 5.95 Å². The molecule has 0 aliphatic heterocycles. The molecule has 0 bridgehead atoms. The van der Waals surface area contributed by atoms with Crippen LogP contribution in [0.15, 0.2) is 84.0 Å². The number of para-hydroxylation sites is 1. The van der Waals surface area contributed by atoms with Crippen LogP contribution in [0, 0.1) is 6.92 Å². The second-order valence-electron chi connectivity index (χ2n) is 8.42. The van der Waals surface area contributed by atoms with E-state index in [1.54, 1.807) is 29.2 Å². The van der Waals surface area contributed by atoms with E-state index < -0.39 is 11.6 Å². The van der Waals surface area contributed by atoms with Crippen LogP contribution in [-0.4, -0.2) is 27.9 Å². The van der Waals surface area contributed by atoms with Gasteiger partial charge in [-0.1, -0.05) is 41.9 Å². The second kappa shape index (κ2) is 11.8. The molecule has 0 aliphatic carbocycles. The largest absolute Gasteiger partial charge is 0.368 e. The highest BCUT2D eigenvalue weighted by Crippen LogP contribution is 2.31. The molecule has 1 atom stereocenters. The number of pyridine rings is 2. The number of fused-ring (bicyclic) bond motifs is 1. The van der Waals surface area contributed by atoms with Crippen molar-refractivity contribution in [1.29, 1.82) is 0 Å². The van der Waals surface area contributed by atoms with Gasteiger partial charge in [0.25, 0.3) is 5.56 Å². The Kier molecular flexibility index (Phi) is 8.25. The van der Waals surface area contributed by atoms with Crippen LogP contribution in [-0.2, 0) is 11.6 Å². The summed E-state index contributed by atoms with van der Waals surface area (Å²) in [4.78, 5) is 26.7. The van der Waals surface area contributed by atoms with Crippen molar-refractivity contribution in [2.45, 2.75) is 19.9 Å². The van der Waals surface area contributed by atoms with Crippen molar-refractivity contribution < 1.29 is 8.42 Å². The van der Waals surface area contributed by atoms with Gasteiger partial charge in [-0.2, -0.15) is 13.4 Å². The monoisotopic (exact) mass is 546 g/mol. The maximum atomic E-state index is 13.7. The zero-order valence-electron chi connectivity index (χ0n) is 20.5. The highest BCUT2D eigenvalue weighted by molar-refractivity contribution is 7.51. The number of benzene rings is 2. The van der Waals surface area contributed by atoms with E-state index in [-0.39, 0.29) is 17.5 Å². The number of nitrogens with zero attached hydrogens (tertiary/aromatic N) is 4. The van der Waals surface area contributed by atoms with Gasteiger partial charge >= 0.3 is 11.6 Å². The molecule has 3 aromatic heterocycles. The Bertz CT molecular complexity index is 1710. The maximum Gasteiger partial charge on any atom is 0.335 e. The topological polar surface area (TPSA) is 133 Å².